The van der Waals surface area contributed by atoms with Gasteiger partial charge in [-0.1, -0.05) is 13.8 Å². The van der Waals surface area contributed by atoms with E-state index < -0.39 is 0 Å². The molecule has 2 N–H and O–H groups in total. The lowest BCUT2D eigenvalue weighted by Gasteiger charge is -2.36. The van der Waals surface area contributed by atoms with E-state index in [0.29, 0.717) is 19.1 Å². The van der Waals surface area contributed by atoms with Crippen LogP contribution < -0.4 is 5.32 Å². The van der Waals surface area contributed by atoms with Gasteiger partial charge in [0.25, 0.3) is 0 Å². The van der Waals surface area contributed by atoms with Crippen molar-refractivity contribution in [1.82, 2.24) is 9.97 Å². The molecule has 5 heteroatoms. The van der Waals surface area contributed by atoms with Crippen LogP contribution in [0.25, 0.3) is 0 Å². The summed E-state index contributed by atoms with van der Waals surface area (Å²) < 4.78 is 5.34. The minimum absolute atomic E-state index is 0.0946. The zero-order valence-corrected chi connectivity index (χ0v) is 11.0. The highest BCUT2D eigenvalue weighted by atomic mass is 16.5. The van der Waals surface area contributed by atoms with Gasteiger partial charge in [0.2, 0.25) is 0 Å². The van der Waals surface area contributed by atoms with Crippen LogP contribution in [0.5, 0.6) is 0 Å². The van der Waals surface area contributed by atoms with Crippen LogP contribution in [0.3, 0.4) is 0 Å². The fourth-order valence-corrected chi connectivity index (χ4v) is 2.11. The predicted molar refractivity (Wildman–Crippen MR) is 69.6 cm³/mol. The molecule has 1 aliphatic rings. The third-order valence-corrected chi connectivity index (χ3v) is 3.43. The van der Waals surface area contributed by atoms with Gasteiger partial charge in [-0.2, -0.15) is 0 Å². The number of hydrogen-bond acceptors (Lipinski definition) is 5. The topological polar surface area (TPSA) is 67.3 Å². The lowest BCUT2D eigenvalue weighted by Crippen LogP contribution is -2.47. The van der Waals surface area contributed by atoms with Gasteiger partial charge in [0.1, 0.15) is 12.1 Å². The lowest BCUT2D eigenvalue weighted by atomic mass is 9.91. The van der Waals surface area contributed by atoms with E-state index in [1.807, 2.05) is 6.07 Å². The summed E-state index contributed by atoms with van der Waals surface area (Å²) in [4.78, 5) is 8.48. The number of ether oxygens (including phenoxy) is 1. The van der Waals surface area contributed by atoms with Gasteiger partial charge >= 0.3 is 0 Å². The first-order chi connectivity index (χ1) is 8.65. The molecule has 0 spiro atoms. The van der Waals surface area contributed by atoms with Crippen LogP contribution in [0.4, 0.5) is 5.82 Å². The third-order valence-electron chi connectivity index (χ3n) is 3.43. The van der Waals surface area contributed by atoms with Gasteiger partial charge in [-0.05, 0) is 18.8 Å². The Morgan fingerprint density at radius 2 is 2.11 bits per heavy atom. The molecule has 0 unspecified atom stereocenters. The standard InChI is InChI=1S/C13H21N3O2/c1-10(2)11-7-12(15-9-14-11)16-13(8-17)3-5-18-6-4-13/h7,9-10,17H,3-6,8H2,1-2H3,(H,14,15,16). The lowest BCUT2D eigenvalue weighted by molar-refractivity contribution is 0.0378. The smallest absolute Gasteiger partial charge is 0.130 e. The molecule has 0 radical (unpaired) electrons. The molecule has 0 bridgehead atoms. The number of anilines is 1. The van der Waals surface area contributed by atoms with Crippen LogP contribution in [0.1, 0.15) is 38.3 Å². The summed E-state index contributed by atoms with van der Waals surface area (Å²) in [5.41, 5.74) is 0.702. The molecule has 1 fully saturated rings. The maximum absolute atomic E-state index is 9.62. The molecular formula is C13H21N3O2. The zero-order chi connectivity index (χ0) is 13.0. The van der Waals surface area contributed by atoms with Gasteiger partial charge in [-0.15, -0.1) is 0 Å². The molecule has 0 atom stereocenters. The van der Waals surface area contributed by atoms with Crippen LogP contribution in [-0.4, -0.2) is 40.4 Å². The van der Waals surface area contributed by atoms with Gasteiger partial charge in [-0.3, -0.25) is 0 Å². The molecule has 1 aromatic rings. The van der Waals surface area contributed by atoms with E-state index in [1.165, 1.54) is 0 Å². The first kappa shape index (κ1) is 13.2. The summed E-state index contributed by atoms with van der Waals surface area (Å²) in [6.07, 6.45) is 3.16. The van der Waals surface area contributed by atoms with Crippen molar-refractivity contribution >= 4 is 5.82 Å². The van der Waals surface area contributed by atoms with Crippen molar-refractivity contribution in [1.29, 1.82) is 0 Å². The van der Waals surface area contributed by atoms with Crippen molar-refractivity contribution in [2.24, 2.45) is 0 Å². The van der Waals surface area contributed by atoms with E-state index in [1.54, 1.807) is 6.33 Å². The molecule has 2 rings (SSSR count). The Hall–Kier alpha value is -1.20. The molecule has 100 valence electrons. The highest BCUT2D eigenvalue weighted by Gasteiger charge is 2.32. The summed E-state index contributed by atoms with van der Waals surface area (Å²) in [5, 5.41) is 13.0. The molecule has 0 saturated carbocycles. The van der Waals surface area contributed by atoms with E-state index in [9.17, 15) is 5.11 Å². The molecule has 0 aliphatic carbocycles. The summed E-state index contributed by atoms with van der Waals surface area (Å²) in [6, 6.07) is 1.96. The molecular weight excluding hydrogens is 230 g/mol. The Morgan fingerprint density at radius 1 is 1.39 bits per heavy atom. The van der Waals surface area contributed by atoms with Gasteiger partial charge in [0.05, 0.1) is 12.1 Å². The van der Waals surface area contributed by atoms with Crippen LogP contribution in [0, 0.1) is 0 Å². The highest BCUT2D eigenvalue weighted by Crippen LogP contribution is 2.25. The fourth-order valence-electron chi connectivity index (χ4n) is 2.11. The quantitative estimate of drug-likeness (QED) is 0.850. The Kier molecular flexibility index (Phi) is 4.14. The second-order valence-electron chi connectivity index (χ2n) is 5.16. The van der Waals surface area contributed by atoms with Crippen molar-refractivity contribution < 1.29 is 9.84 Å². The summed E-state index contributed by atoms with van der Waals surface area (Å²) in [7, 11) is 0. The Bertz CT molecular complexity index is 390. The molecule has 18 heavy (non-hydrogen) atoms. The fraction of sp³-hybridized carbons (Fsp3) is 0.692. The van der Waals surface area contributed by atoms with Crippen LogP contribution >= 0.6 is 0 Å². The average molecular weight is 251 g/mol. The van der Waals surface area contributed by atoms with Gasteiger partial charge in [0.15, 0.2) is 0 Å². The van der Waals surface area contributed by atoms with Crippen LogP contribution in [0.15, 0.2) is 12.4 Å². The maximum Gasteiger partial charge on any atom is 0.130 e. The first-order valence-corrected chi connectivity index (χ1v) is 6.44. The maximum atomic E-state index is 9.62. The van der Waals surface area contributed by atoms with Crippen molar-refractivity contribution in [3.63, 3.8) is 0 Å². The van der Waals surface area contributed by atoms with Crippen molar-refractivity contribution in [3.8, 4) is 0 Å². The number of hydrogen-bond donors (Lipinski definition) is 2. The Balaban J connectivity index is 2.13. The van der Waals surface area contributed by atoms with Crippen molar-refractivity contribution in [2.45, 2.75) is 38.1 Å². The molecule has 0 aromatic carbocycles. The van der Waals surface area contributed by atoms with Crippen molar-refractivity contribution in [2.75, 3.05) is 25.1 Å². The van der Waals surface area contributed by atoms with E-state index in [-0.39, 0.29) is 12.1 Å². The highest BCUT2D eigenvalue weighted by molar-refractivity contribution is 5.39. The van der Waals surface area contributed by atoms with Gasteiger partial charge in [-0.25, -0.2) is 9.97 Å². The van der Waals surface area contributed by atoms with E-state index in [4.69, 9.17) is 4.74 Å². The first-order valence-electron chi connectivity index (χ1n) is 6.44. The second-order valence-corrected chi connectivity index (χ2v) is 5.16. The molecule has 1 aliphatic heterocycles. The number of aromatic nitrogens is 2. The SMILES string of the molecule is CC(C)c1cc(NC2(CO)CCOCC2)ncn1. The van der Waals surface area contributed by atoms with Crippen LogP contribution in [0.2, 0.25) is 0 Å². The largest absolute Gasteiger partial charge is 0.394 e. The number of rotatable bonds is 4. The molecule has 2 heterocycles. The molecule has 0 amide bonds. The second kappa shape index (κ2) is 5.63. The normalized spacial score (nSPS) is 18.9. The molecule has 5 nitrogen and oxygen atoms in total. The van der Waals surface area contributed by atoms with Gasteiger partial charge < -0.3 is 15.2 Å². The number of nitrogens with one attached hydrogen (secondary N) is 1. The minimum Gasteiger partial charge on any atom is -0.394 e. The van der Waals surface area contributed by atoms with E-state index >= 15 is 0 Å². The predicted octanol–water partition coefficient (Wildman–Crippen LogP) is 1.55. The number of aliphatic hydroxyl groups is 1. The average Bonchev–Trinajstić information content (AvgIpc) is 2.40. The van der Waals surface area contributed by atoms with Crippen LogP contribution in [-0.2, 0) is 4.74 Å². The van der Waals surface area contributed by atoms with Gasteiger partial charge in [0, 0.05) is 25.0 Å². The summed E-state index contributed by atoms with van der Waals surface area (Å²) >= 11 is 0. The molecule has 1 aromatic heterocycles. The minimum atomic E-state index is -0.305. The zero-order valence-electron chi connectivity index (χ0n) is 11.0. The van der Waals surface area contributed by atoms with Crippen molar-refractivity contribution in [3.05, 3.63) is 18.1 Å². The number of nitrogens with zero attached hydrogens (tertiary/aromatic N) is 2. The summed E-state index contributed by atoms with van der Waals surface area (Å²) in [6.45, 7) is 5.65. The van der Waals surface area contributed by atoms with E-state index in [2.05, 4.69) is 29.1 Å². The Labute approximate surface area is 108 Å². The summed E-state index contributed by atoms with van der Waals surface area (Å²) in [5.74, 6) is 1.15. The molecule has 1 saturated heterocycles. The Morgan fingerprint density at radius 3 is 2.72 bits per heavy atom. The van der Waals surface area contributed by atoms with E-state index in [0.717, 1.165) is 24.4 Å². The monoisotopic (exact) mass is 251 g/mol. The number of aliphatic hydroxyl groups excluding tert-OH is 1. The third kappa shape index (κ3) is 2.97.